The van der Waals surface area contributed by atoms with Crippen LogP contribution in [-0.2, 0) is 11.5 Å². The maximum absolute atomic E-state index is 11.2. The van der Waals surface area contributed by atoms with Crippen molar-refractivity contribution in [2.75, 3.05) is 6.61 Å². The van der Waals surface area contributed by atoms with E-state index in [-0.39, 0.29) is 25.6 Å². The first-order chi connectivity index (χ1) is 7.15. The zero-order valence-electron chi connectivity index (χ0n) is 10.0. The van der Waals surface area contributed by atoms with Gasteiger partial charge in [-0.1, -0.05) is 13.3 Å². The van der Waals surface area contributed by atoms with Gasteiger partial charge in [-0.3, -0.25) is 4.79 Å². The first-order valence-corrected chi connectivity index (χ1v) is 4.98. The summed E-state index contributed by atoms with van der Waals surface area (Å²) in [5, 5.41) is 11.2. The fraction of sp³-hybridized carbons (Fsp3) is 0.600. The van der Waals surface area contributed by atoms with E-state index in [0.717, 1.165) is 12.8 Å². The number of unbranched alkanes of at least 4 members (excludes halogenated alkanes) is 1. The number of hydrogen-bond donors (Lipinski definition) is 0. The molecule has 0 aliphatic heterocycles. The van der Waals surface area contributed by atoms with Gasteiger partial charge in [0.25, 0.3) is 5.56 Å². The summed E-state index contributed by atoms with van der Waals surface area (Å²) in [6, 6.07) is -0.554. The van der Waals surface area contributed by atoms with Crippen LogP contribution < -0.4 is 29.5 Å². The molecule has 0 atom stereocenters. The van der Waals surface area contributed by atoms with Gasteiger partial charge in [0.1, 0.15) is 6.73 Å². The van der Waals surface area contributed by atoms with Gasteiger partial charge in [0.2, 0.25) is 0 Å². The molecular weight excluding hydrogens is 203 g/mol. The minimum atomic E-state index is -0.554. The van der Waals surface area contributed by atoms with Crippen LogP contribution in [0.1, 0.15) is 25.3 Å². The van der Waals surface area contributed by atoms with Crippen LogP contribution >= 0.6 is 0 Å². The molecule has 5 nitrogen and oxygen atoms in total. The summed E-state index contributed by atoms with van der Waals surface area (Å²) in [5.41, 5.74) is -0.0153. The van der Waals surface area contributed by atoms with Gasteiger partial charge in [0, 0.05) is 18.4 Å². The van der Waals surface area contributed by atoms with E-state index in [4.69, 9.17) is 4.74 Å². The standard InChI is InChI=1S/C10H16N2O3.Li/c1-3-4-5-15-7-12-6-8(2)9(13)11-10(12)14;/h6H,3-5,7H2,1-2H3,(H,11,13,14);/q;+1/p-1. The molecule has 0 amide bonds. The molecule has 0 spiro atoms. The molecule has 0 aliphatic rings. The molecule has 0 aromatic carbocycles. The molecule has 1 heterocycles. The van der Waals surface area contributed by atoms with Crippen LogP contribution in [0.15, 0.2) is 11.0 Å². The van der Waals surface area contributed by atoms with E-state index in [1.807, 2.05) is 0 Å². The van der Waals surface area contributed by atoms with Crippen molar-refractivity contribution in [3.63, 3.8) is 0 Å². The third-order valence-corrected chi connectivity index (χ3v) is 2.00. The fourth-order valence-electron chi connectivity index (χ4n) is 1.09. The average Bonchev–Trinajstić information content (AvgIpc) is 2.20. The Kier molecular flexibility index (Phi) is 7.14. The van der Waals surface area contributed by atoms with Crippen LogP contribution in [-0.4, -0.2) is 16.2 Å². The van der Waals surface area contributed by atoms with E-state index in [1.165, 1.54) is 10.8 Å². The predicted octanol–water partition coefficient (Wildman–Crippen LogP) is -2.60. The van der Waals surface area contributed by atoms with Crippen LogP contribution in [0.3, 0.4) is 0 Å². The van der Waals surface area contributed by atoms with Crippen LogP contribution in [0.25, 0.3) is 0 Å². The maximum atomic E-state index is 11.2. The second-order valence-corrected chi connectivity index (χ2v) is 3.37. The number of ether oxygens (including phenoxy) is 1. The van der Waals surface area contributed by atoms with Crippen molar-refractivity contribution in [3.8, 4) is 6.01 Å². The molecule has 1 rings (SSSR count). The third-order valence-electron chi connectivity index (χ3n) is 2.00. The van der Waals surface area contributed by atoms with E-state index < -0.39 is 11.6 Å². The SMILES string of the molecule is CCCCOCn1cc(C)c(=O)nc1[O-].[Li+]. The van der Waals surface area contributed by atoms with Crippen molar-refractivity contribution in [1.82, 2.24) is 9.55 Å². The van der Waals surface area contributed by atoms with Gasteiger partial charge in [-0.2, -0.15) is 0 Å². The number of rotatable bonds is 5. The summed E-state index contributed by atoms with van der Waals surface area (Å²) in [5.74, 6) is 0. The molecule has 0 aliphatic carbocycles. The van der Waals surface area contributed by atoms with E-state index >= 15 is 0 Å². The van der Waals surface area contributed by atoms with Gasteiger partial charge in [-0.15, -0.1) is 0 Å². The molecule has 16 heavy (non-hydrogen) atoms. The molecule has 0 saturated heterocycles. The number of nitrogens with zero attached hydrogens (tertiary/aromatic N) is 2. The molecule has 84 valence electrons. The van der Waals surface area contributed by atoms with Crippen molar-refractivity contribution < 1.29 is 28.7 Å². The number of aryl methyl sites for hydroxylation is 1. The normalized spacial score (nSPS) is 9.88. The topological polar surface area (TPSA) is 67.2 Å². The molecule has 0 bridgehead atoms. The van der Waals surface area contributed by atoms with Gasteiger partial charge in [0.05, 0.1) is 6.01 Å². The first kappa shape index (κ1) is 15.2. The summed E-state index contributed by atoms with van der Waals surface area (Å²) in [4.78, 5) is 14.3. The van der Waals surface area contributed by atoms with Gasteiger partial charge in [-0.05, 0) is 13.3 Å². The molecule has 0 N–H and O–H groups in total. The molecule has 0 fully saturated rings. The van der Waals surface area contributed by atoms with Crippen LogP contribution in [0.4, 0.5) is 0 Å². The Labute approximate surface area is 107 Å². The zero-order chi connectivity index (χ0) is 11.3. The Morgan fingerprint density at radius 2 is 2.25 bits per heavy atom. The van der Waals surface area contributed by atoms with Crippen LogP contribution in [0, 0.1) is 6.92 Å². The van der Waals surface area contributed by atoms with Crippen molar-refractivity contribution in [3.05, 3.63) is 22.1 Å². The smallest absolute Gasteiger partial charge is 0.846 e. The minimum absolute atomic E-state index is 0. The largest absolute Gasteiger partial charge is 1.00 e. The first-order valence-electron chi connectivity index (χ1n) is 4.98. The Balaban J connectivity index is 0.00000225. The molecule has 6 heteroatoms. The molecule has 1 aromatic heterocycles. The van der Waals surface area contributed by atoms with Crippen molar-refractivity contribution in [1.29, 1.82) is 0 Å². The fourth-order valence-corrected chi connectivity index (χ4v) is 1.09. The quantitative estimate of drug-likeness (QED) is 0.401. The van der Waals surface area contributed by atoms with E-state index in [2.05, 4.69) is 11.9 Å². The second kappa shape index (κ2) is 7.50. The number of aromatic nitrogens is 2. The van der Waals surface area contributed by atoms with E-state index in [1.54, 1.807) is 6.92 Å². The summed E-state index contributed by atoms with van der Waals surface area (Å²) < 4.78 is 6.55. The molecular formula is C10H15LiN2O3. The van der Waals surface area contributed by atoms with Crippen molar-refractivity contribution in [2.24, 2.45) is 0 Å². The molecule has 1 aromatic rings. The predicted molar refractivity (Wildman–Crippen MR) is 53.5 cm³/mol. The summed E-state index contributed by atoms with van der Waals surface area (Å²) in [7, 11) is 0. The monoisotopic (exact) mass is 218 g/mol. The average molecular weight is 218 g/mol. The van der Waals surface area contributed by atoms with Gasteiger partial charge in [0.15, 0.2) is 0 Å². The Bertz CT molecular complexity index is 379. The Hall–Kier alpha value is -0.763. The summed E-state index contributed by atoms with van der Waals surface area (Å²) in [6.45, 7) is 4.46. The summed E-state index contributed by atoms with van der Waals surface area (Å²) in [6.07, 6.45) is 3.48. The third kappa shape index (κ3) is 4.40. The van der Waals surface area contributed by atoms with E-state index in [9.17, 15) is 9.90 Å². The zero-order valence-corrected chi connectivity index (χ0v) is 10.0. The van der Waals surface area contributed by atoms with Crippen molar-refractivity contribution in [2.45, 2.75) is 33.4 Å². The minimum Gasteiger partial charge on any atom is -0.846 e. The summed E-state index contributed by atoms with van der Waals surface area (Å²) >= 11 is 0. The molecule has 0 unspecified atom stereocenters. The van der Waals surface area contributed by atoms with Crippen molar-refractivity contribution >= 4 is 0 Å². The Morgan fingerprint density at radius 3 is 2.88 bits per heavy atom. The maximum Gasteiger partial charge on any atom is 1.00 e. The Morgan fingerprint density at radius 1 is 1.56 bits per heavy atom. The molecule has 0 radical (unpaired) electrons. The van der Waals surface area contributed by atoms with Gasteiger partial charge >= 0.3 is 18.9 Å². The van der Waals surface area contributed by atoms with Crippen LogP contribution in [0.2, 0.25) is 0 Å². The van der Waals surface area contributed by atoms with Crippen LogP contribution in [0.5, 0.6) is 6.01 Å². The number of hydrogen-bond acceptors (Lipinski definition) is 4. The van der Waals surface area contributed by atoms with Gasteiger partial charge < -0.3 is 14.4 Å². The van der Waals surface area contributed by atoms with E-state index in [0.29, 0.717) is 12.2 Å². The molecule has 0 saturated carbocycles. The van der Waals surface area contributed by atoms with Gasteiger partial charge in [-0.25, -0.2) is 4.98 Å². The second-order valence-electron chi connectivity index (χ2n) is 3.37.